The standard InChI is InChI=1S/C34H41F2N3O4S/c1-25-11-9-14-27(21-25)24-38(32(22-26-12-5-3-6-13-26)34(41)37-28-15-7-4-8-16-28)33(40)17-10-20-39(44(2,42)43)29-18-19-30(35)31(36)23-29/h3,5-6,9,11-14,18-19,21,23,28,32H,4,7-8,10,15-17,20,22,24H2,1-2H3,(H,37,41). The Morgan fingerprint density at radius 1 is 0.909 bits per heavy atom. The summed E-state index contributed by atoms with van der Waals surface area (Å²) < 4.78 is 53.6. The van der Waals surface area contributed by atoms with E-state index in [2.05, 4.69) is 5.32 Å². The van der Waals surface area contributed by atoms with Crippen LogP contribution < -0.4 is 9.62 Å². The zero-order valence-corrected chi connectivity index (χ0v) is 26.2. The van der Waals surface area contributed by atoms with Gasteiger partial charge in [-0.1, -0.05) is 79.4 Å². The van der Waals surface area contributed by atoms with Crippen molar-refractivity contribution >= 4 is 27.5 Å². The van der Waals surface area contributed by atoms with Crippen molar-refractivity contribution in [2.75, 3.05) is 17.1 Å². The van der Waals surface area contributed by atoms with Crippen molar-refractivity contribution < 1.29 is 26.8 Å². The van der Waals surface area contributed by atoms with E-state index in [0.29, 0.717) is 6.42 Å². The molecule has 0 heterocycles. The Morgan fingerprint density at radius 2 is 1.61 bits per heavy atom. The first-order chi connectivity index (χ1) is 21.0. The van der Waals surface area contributed by atoms with Gasteiger partial charge in [-0.15, -0.1) is 0 Å². The number of rotatable bonds is 13. The molecular formula is C34H41F2N3O4S. The molecule has 1 atom stereocenters. The van der Waals surface area contributed by atoms with Crippen LogP contribution in [0.1, 0.15) is 61.6 Å². The molecule has 2 amide bonds. The molecule has 1 N–H and O–H groups in total. The van der Waals surface area contributed by atoms with Crippen LogP contribution in [0.15, 0.2) is 72.8 Å². The molecule has 0 radical (unpaired) electrons. The minimum atomic E-state index is -3.85. The second-order valence-corrected chi connectivity index (χ2v) is 13.5. The first-order valence-corrected chi connectivity index (χ1v) is 17.0. The number of hydrogen-bond acceptors (Lipinski definition) is 4. The van der Waals surface area contributed by atoms with Crippen molar-refractivity contribution in [1.29, 1.82) is 0 Å². The first kappa shape index (κ1) is 33.1. The summed E-state index contributed by atoms with van der Waals surface area (Å²) in [5.41, 5.74) is 2.79. The Kier molecular flexibility index (Phi) is 11.5. The third-order valence-electron chi connectivity index (χ3n) is 8.00. The maximum Gasteiger partial charge on any atom is 0.243 e. The molecule has 0 aromatic heterocycles. The maximum atomic E-state index is 14.0. The number of nitrogens with one attached hydrogen (secondary N) is 1. The molecular weight excluding hydrogens is 584 g/mol. The molecule has 1 saturated carbocycles. The maximum absolute atomic E-state index is 14.0. The molecule has 0 aliphatic heterocycles. The molecule has 0 saturated heterocycles. The van der Waals surface area contributed by atoms with E-state index in [1.54, 1.807) is 4.90 Å². The Labute approximate surface area is 259 Å². The topological polar surface area (TPSA) is 86.8 Å². The average Bonchev–Trinajstić information content (AvgIpc) is 2.99. The van der Waals surface area contributed by atoms with Gasteiger partial charge in [0.25, 0.3) is 0 Å². The zero-order chi connectivity index (χ0) is 31.7. The van der Waals surface area contributed by atoms with E-state index in [1.165, 1.54) is 6.07 Å². The summed E-state index contributed by atoms with van der Waals surface area (Å²) in [4.78, 5) is 29.5. The van der Waals surface area contributed by atoms with E-state index in [0.717, 1.165) is 71.5 Å². The van der Waals surface area contributed by atoms with Gasteiger partial charge in [-0.2, -0.15) is 0 Å². The van der Waals surface area contributed by atoms with Crippen LogP contribution in [-0.2, 0) is 32.6 Å². The third kappa shape index (κ3) is 9.35. The minimum Gasteiger partial charge on any atom is -0.352 e. The van der Waals surface area contributed by atoms with Crippen molar-refractivity contribution in [3.05, 3.63) is 101 Å². The molecule has 0 bridgehead atoms. The fourth-order valence-electron chi connectivity index (χ4n) is 5.75. The summed E-state index contributed by atoms with van der Waals surface area (Å²) in [6.45, 7) is 2.05. The van der Waals surface area contributed by atoms with Crippen LogP contribution in [0.4, 0.5) is 14.5 Å². The van der Waals surface area contributed by atoms with Gasteiger partial charge in [0, 0.05) is 38.0 Å². The summed E-state index contributed by atoms with van der Waals surface area (Å²) in [6.07, 6.45) is 6.41. The number of carbonyl (C=O) groups excluding carboxylic acids is 2. The first-order valence-electron chi connectivity index (χ1n) is 15.1. The highest BCUT2D eigenvalue weighted by Gasteiger charge is 2.32. The van der Waals surface area contributed by atoms with Crippen LogP contribution in [0.2, 0.25) is 0 Å². The third-order valence-corrected chi connectivity index (χ3v) is 9.20. The highest BCUT2D eigenvalue weighted by atomic mass is 32.2. The lowest BCUT2D eigenvalue weighted by atomic mass is 9.94. The van der Waals surface area contributed by atoms with Gasteiger partial charge in [0.2, 0.25) is 21.8 Å². The summed E-state index contributed by atoms with van der Waals surface area (Å²) in [5.74, 6) is -2.75. The van der Waals surface area contributed by atoms with E-state index in [4.69, 9.17) is 0 Å². The predicted molar refractivity (Wildman–Crippen MR) is 168 cm³/mol. The molecule has 4 rings (SSSR count). The normalized spacial score (nSPS) is 14.5. The van der Waals surface area contributed by atoms with Crippen molar-refractivity contribution in [3.8, 4) is 0 Å². The molecule has 10 heteroatoms. The van der Waals surface area contributed by atoms with E-state index in [-0.39, 0.29) is 49.5 Å². The van der Waals surface area contributed by atoms with E-state index in [9.17, 15) is 26.8 Å². The van der Waals surface area contributed by atoms with E-state index in [1.807, 2.05) is 61.5 Å². The van der Waals surface area contributed by atoms with Crippen molar-refractivity contribution in [2.45, 2.75) is 76.9 Å². The van der Waals surface area contributed by atoms with Gasteiger partial charge in [0.1, 0.15) is 6.04 Å². The minimum absolute atomic E-state index is 0.0238. The van der Waals surface area contributed by atoms with Gasteiger partial charge >= 0.3 is 0 Å². The molecule has 44 heavy (non-hydrogen) atoms. The van der Waals surface area contributed by atoms with Crippen molar-refractivity contribution in [3.63, 3.8) is 0 Å². The molecule has 1 unspecified atom stereocenters. The number of amides is 2. The molecule has 0 spiro atoms. The van der Waals surface area contributed by atoms with Crippen LogP contribution in [0.5, 0.6) is 0 Å². The van der Waals surface area contributed by atoms with Gasteiger partial charge in [0.15, 0.2) is 11.6 Å². The summed E-state index contributed by atoms with van der Waals surface area (Å²) >= 11 is 0. The number of sulfonamides is 1. The zero-order valence-electron chi connectivity index (χ0n) is 25.3. The number of aryl methyl sites for hydroxylation is 1. The van der Waals surface area contributed by atoms with Gasteiger partial charge in [-0.25, -0.2) is 17.2 Å². The monoisotopic (exact) mass is 625 g/mol. The number of carbonyl (C=O) groups is 2. The highest BCUT2D eigenvalue weighted by molar-refractivity contribution is 7.92. The molecule has 3 aromatic rings. The summed E-state index contributed by atoms with van der Waals surface area (Å²) in [5, 5.41) is 3.21. The van der Waals surface area contributed by atoms with Crippen LogP contribution in [-0.4, -0.2) is 50.0 Å². The highest BCUT2D eigenvalue weighted by Crippen LogP contribution is 2.23. The van der Waals surface area contributed by atoms with Crippen molar-refractivity contribution in [2.24, 2.45) is 0 Å². The quantitative estimate of drug-likeness (QED) is 0.256. The number of halogens is 2. The number of benzene rings is 3. The molecule has 3 aromatic carbocycles. The Bertz CT molecular complexity index is 1530. The van der Waals surface area contributed by atoms with Crippen LogP contribution in [0.25, 0.3) is 0 Å². The van der Waals surface area contributed by atoms with Crippen LogP contribution in [0.3, 0.4) is 0 Å². The van der Waals surface area contributed by atoms with Gasteiger partial charge in [-0.3, -0.25) is 13.9 Å². The number of hydrogen-bond donors (Lipinski definition) is 1. The van der Waals surface area contributed by atoms with E-state index < -0.39 is 27.7 Å². The fraction of sp³-hybridized carbons (Fsp3) is 0.412. The number of anilines is 1. The predicted octanol–water partition coefficient (Wildman–Crippen LogP) is 5.91. The van der Waals surface area contributed by atoms with Crippen LogP contribution >= 0.6 is 0 Å². The SMILES string of the molecule is Cc1cccc(CN(C(=O)CCCN(c2ccc(F)c(F)c2)S(C)(=O)=O)C(Cc2ccccc2)C(=O)NC2CCCCC2)c1. The van der Waals surface area contributed by atoms with Gasteiger partial charge in [-0.05, 0) is 49.4 Å². The van der Waals surface area contributed by atoms with Gasteiger partial charge < -0.3 is 10.2 Å². The molecule has 1 aliphatic carbocycles. The smallest absolute Gasteiger partial charge is 0.243 e. The van der Waals surface area contributed by atoms with E-state index >= 15 is 0 Å². The lowest BCUT2D eigenvalue weighted by molar-refractivity contribution is -0.141. The Hall–Kier alpha value is -3.79. The lowest BCUT2D eigenvalue weighted by Gasteiger charge is -2.34. The van der Waals surface area contributed by atoms with Crippen LogP contribution in [0, 0.1) is 18.6 Å². The average molecular weight is 626 g/mol. The molecule has 236 valence electrons. The summed E-state index contributed by atoms with van der Waals surface area (Å²) in [7, 11) is -3.85. The van der Waals surface area contributed by atoms with Gasteiger partial charge in [0.05, 0.1) is 11.9 Å². The molecule has 1 aliphatic rings. The summed E-state index contributed by atoms with van der Waals surface area (Å²) in [6, 6.07) is 19.5. The Morgan fingerprint density at radius 3 is 2.27 bits per heavy atom. The molecule has 7 nitrogen and oxygen atoms in total. The fourth-order valence-corrected chi connectivity index (χ4v) is 6.71. The van der Waals surface area contributed by atoms with Crippen molar-refractivity contribution in [1.82, 2.24) is 10.2 Å². The lowest BCUT2D eigenvalue weighted by Crippen LogP contribution is -2.53. The largest absolute Gasteiger partial charge is 0.352 e. The number of nitrogens with zero attached hydrogens (tertiary/aromatic N) is 2. The second-order valence-electron chi connectivity index (χ2n) is 11.6. The Balaban J connectivity index is 1.59. The molecule has 1 fully saturated rings. The second kappa shape index (κ2) is 15.3.